The maximum absolute atomic E-state index is 3.43. The van der Waals surface area contributed by atoms with Gasteiger partial charge in [-0.25, -0.2) is 0 Å². The molecule has 0 unspecified atom stereocenters. The zero-order chi connectivity index (χ0) is 13.4. The van der Waals surface area contributed by atoms with Crippen LogP contribution in [0.4, 0.5) is 0 Å². The Hall–Kier alpha value is -1.32. The summed E-state index contributed by atoms with van der Waals surface area (Å²) in [5.41, 5.74) is 4.60. The highest BCUT2D eigenvalue weighted by atomic mass is 15.2. The van der Waals surface area contributed by atoms with E-state index in [-0.39, 0.29) is 0 Å². The Morgan fingerprint density at radius 2 is 2.00 bits per heavy atom. The van der Waals surface area contributed by atoms with E-state index in [4.69, 9.17) is 0 Å². The highest BCUT2D eigenvalue weighted by Crippen LogP contribution is 2.29. The molecule has 3 heteroatoms. The fourth-order valence-electron chi connectivity index (χ4n) is 3.74. The van der Waals surface area contributed by atoms with Crippen molar-refractivity contribution in [3.05, 3.63) is 35.5 Å². The van der Waals surface area contributed by atoms with E-state index in [1.165, 1.54) is 56.3 Å². The fourth-order valence-corrected chi connectivity index (χ4v) is 3.74. The van der Waals surface area contributed by atoms with Crippen molar-refractivity contribution in [2.75, 3.05) is 32.7 Å². The molecule has 20 heavy (non-hydrogen) atoms. The van der Waals surface area contributed by atoms with Crippen LogP contribution < -0.4 is 5.32 Å². The van der Waals surface area contributed by atoms with Gasteiger partial charge in [-0.15, -0.1) is 0 Å². The van der Waals surface area contributed by atoms with E-state index in [0.717, 1.165) is 13.1 Å². The summed E-state index contributed by atoms with van der Waals surface area (Å²) in [6.07, 6.45) is 6.14. The van der Waals surface area contributed by atoms with E-state index in [1.54, 1.807) is 11.1 Å². The average molecular weight is 269 g/mol. The molecular weight excluding hydrogens is 246 g/mol. The Morgan fingerprint density at radius 3 is 2.90 bits per heavy atom. The van der Waals surface area contributed by atoms with Crippen LogP contribution in [0.5, 0.6) is 0 Å². The van der Waals surface area contributed by atoms with E-state index in [9.17, 15) is 0 Å². The first kappa shape index (κ1) is 12.4. The number of nitrogens with zero attached hydrogens (tertiary/aromatic N) is 2. The van der Waals surface area contributed by atoms with Gasteiger partial charge in [0.2, 0.25) is 0 Å². The molecule has 1 N–H and O–H groups in total. The van der Waals surface area contributed by atoms with Crippen LogP contribution in [0.2, 0.25) is 0 Å². The number of hydrogen-bond donors (Lipinski definition) is 1. The molecule has 0 atom stereocenters. The molecule has 4 rings (SSSR count). The molecule has 0 bridgehead atoms. The zero-order valence-corrected chi connectivity index (χ0v) is 12.1. The van der Waals surface area contributed by atoms with Gasteiger partial charge in [0, 0.05) is 50.9 Å². The predicted molar refractivity (Wildman–Crippen MR) is 83.3 cm³/mol. The lowest BCUT2D eigenvalue weighted by Gasteiger charge is -2.26. The molecule has 1 aromatic heterocycles. The topological polar surface area (TPSA) is 20.2 Å². The quantitative estimate of drug-likeness (QED) is 0.920. The third-order valence-corrected chi connectivity index (χ3v) is 4.82. The van der Waals surface area contributed by atoms with Crippen LogP contribution >= 0.6 is 0 Å². The lowest BCUT2D eigenvalue weighted by molar-refractivity contribution is 0.244. The van der Waals surface area contributed by atoms with Gasteiger partial charge in [0.05, 0.1) is 5.52 Å². The van der Waals surface area contributed by atoms with E-state index < -0.39 is 0 Å². The van der Waals surface area contributed by atoms with Crippen molar-refractivity contribution in [1.29, 1.82) is 0 Å². The highest BCUT2D eigenvalue weighted by molar-refractivity contribution is 5.87. The molecule has 2 aliphatic rings. The average Bonchev–Trinajstić information content (AvgIpc) is 2.87. The van der Waals surface area contributed by atoms with Crippen LogP contribution in [-0.2, 0) is 19.4 Å². The minimum atomic E-state index is 1.14. The zero-order valence-electron chi connectivity index (χ0n) is 12.1. The van der Waals surface area contributed by atoms with Crippen molar-refractivity contribution in [3.63, 3.8) is 0 Å². The molecule has 1 fully saturated rings. The number of aromatic nitrogens is 1. The molecular formula is C17H23N3. The van der Waals surface area contributed by atoms with Gasteiger partial charge in [0.15, 0.2) is 0 Å². The summed E-state index contributed by atoms with van der Waals surface area (Å²) < 4.78 is 2.49. The lowest BCUT2D eigenvalue weighted by atomic mass is 10.0. The molecule has 0 spiro atoms. The van der Waals surface area contributed by atoms with Crippen LogP contribution in [-0.4, -0.2) is 42.2 Å². The molecule has 1 aromatic carbocycles. The number of rotatable bonds is 3. The van der Waals surface area contributed by atoms with Crippen molar-refractivity contribution >= 4 is 10.9 Å². The summed E-state index contributed by atoms with van der Waals surface area (Å²) >= 11 is 0. The fraction of sp³-hybridized carbons (Fsp3) is 0.529. The summed E-state index contributed by atoms with van der Waals surface area (Å²) in [7, 11) is 0. The number of hydrogen-bond acceptors (Lipinski definition) is 2. The summed E-state index contributed by atoms with van der Waals surface area (Å²) in [5, 5.41) is 4.92. The van der Waals surface area contributed by atoms with Gasteiger partial charge < -0.3 is 14.8 Å². The van der Waals surface area contributed by atoms with Gasteiger partial charge >= 0.3 is 0 Å². The maximum Gasteiger partial charge on any atom is 0.0515 e. The second-order valence-corrected chi connectivity index (χ2v) is 6.11. The lowest BCUT2D eigenvalue weighted by Crippen LogP contribution is -2.44. The number of para-hydroxylation sites is 1. The van der Waals surface area contributed by atoms with Gasteiger partial charge in [-0.3, -0.25) is 0 Å². The predicted octanol–water partition coefficient (Wildman–Crippen LogP) is 2.04. The first-order valence-electron chi connectivity index (χ1n) is 7.94. The van der Waals surface area contributed by atoms with Crippen molar-refractivity contribution < 1.29 is 0 Å². The van der Waals surface area contributed by atoms with Crippen LogP contribution in [0.15, 0.2) is 24.4 Å². The smallest absolute Gasteiger partial charge is 0.0515 e. The Labute approximate surface area is 120 Å². The Morgan fingerprint density at radius 1 is 1.10 bits per heavy atom. The molecule has 1 saturated heterocycles. The molecule has 3 nitrogen and oxygen atoms in total. The van der Waals surface area contributed by atoms with Gasteiger partial charge in [-0.2, -0.15) is 0 Å². The van der Waals surface area contributed by atoms with Gasteiger partial charge in [-0.1, -0.05) is 18.2 Å². The Kier molecular flexibility index (Phi) is 3.25. The van der Waals surface area contributed by atoms with E-state index in [0.29, 0.717) is 0 Å². The molecule has 106 valence electrons. The van der Waals surface area contributed by atoms with Crippen molar-refractivity contribution in [2.24, 2.45) is 0 Å². The number of aryl methyl sites for hydroxylation is 2. The first-order valence-corrected chi connectivity index (χ1v) is 7.94. The maximum atomic E-state index is 3.43. The number of benzene rings is 1. The number of nitrogens with one attached hydrogen (secondary N) is 1. The number of piperazine rings is 1. The van der Waals surface area contributed by atoms with Crippen LogP contribution in [0, 0.1) is 0 Å². The summed E-state index contributed by atoms with van der Waals surface area (Å²) in [6, 6.07) is 6.85. The second kappa shape index (κ2) is 5.23. The molecule has 2 aliphatic heterocycles. The Bertz CT molecular complexity index is 608. The summed E-state index contributed by atoms with van der Waals surface area (Å²) in [5.74, 6) is 0. The molecule has 3 heterocycles. The summed E-state index contributed by atoms with van der Waals surface area (Å²) in [4.78, 5) is 2.59. The van der Waals surface area contributed by atoms with Crippen LogP contribution in [0.1, 0.15) is 17.5 Å². The monoisotopic (exact) mass is 269 g/mol. The molecule has 2 aromatic rings. The van der Waals surface area contributed by atoms with E-state index in [2.05, 4.69) is 39.2 Å². The third-order valence-electron chi connectivity index (χ3n) is 4.82. The minimum Gasteiger partial charge on any atom is -0.347 e. The standard InChI is InChI=1S/C17H23N3/c1-3-14-4-2-9-20-13-15(16(5-1)17(14)20)6-10-19-11-7-18-8-12-19/h1,3,5,13,18H,2,4,6-12H2. The normalized spacial score (nSPS) is 19.6. The molecule has 0 radical (unpaired) electrons. The van der Waals surface area contributed by atoms with Crippen LogP contribution in [0.3, 0.4) is 0 Å². The minimum absolute atomic E-state index is 1.14. The molecule has 0 aliphatic carbocycles. The highest BCUT2D eigenvalue weighted by Gasteiger charge is 2.16. The summed E-state index contributed by atoms with van der Waals surface area (Å²) in [6.45, 7) is 7.08. The second-order valence-electron chi connectivity index (χ2n) is 6.11. The van der Waals surface area contributed by atoms with Gasteiger partial charge in [0.25, 0.3) is 0 Å². The SMILES string of the molecule is c1cc2c3c(c1)c(CCN1CCNCC1)cn3CCC2. The van der Waals surface area contributed by atoms with E-state index in [1.807, 2.05) is 0 Å². The van der Waals surface area contributed by atoms with E-state index >= 15 is 0 Å². The first-order chi connectivity index (χ1) is 9.92. The molecule has 0 amide bonds. The van der Waals surface area contributed by atoms with Crippen molar-refractivity contribution in [2.45, 2.75) is 25.8 Å². The largest absolute Gasteiger partial charge is 0.347 e. The van der Waals surface area contributed by atoms with Crippen molar-refractivity contribution in [1.82, 2.24) is 14.8 Å². The van der Waals surface area contributed by atoms with Crippen LogP contribution in [0.25, 0.3) is 10.9 Å². The van der Waals surface area contributed by atoms with Gasteiger partial charge in [-0.05, 0) is 30.4 Å². The van der Waals surface area contributed by atoms with Crippen molar-refractivity contribution in [3.8, 4) is 0 Å². The van der Waals surface area contributed by atoms with Gasteiger partial charge in [0.1, 0.15) is 0 Å². The Balaban J connectivity index is 1.59. The third kappa shape index (κ3) is 2.15. The molecule has 0 saturated carbocycles.